The van der Waals surface area contributed by atoms with Crippen LogP contribution in [0.4, 0.5) is 0 Å². The first-order valence-electron chi connectivity index (χ1n) is 6.51. The lowest BCUT2D eigenvalue weighted by molar-refractivity contribution is -0.154. The van der Waals surface area contributed by atoms with E-state index in [1.807, 2.05) is 13.8 Å². The molecule has 0 bridgehead atoms. The summed E-state index contributed by atoms with van der Waals surface area (Å²) in [6.45, 7) is 6.04. The summed E-state index contributed by atoms with van der Waals surface area (Å²) < 4.78 is 0. The Bertz CT molecular complexity index is 261. The molecule has 92 valence electrons. The first-order valence-corrected chi connectivity index (χ1v) is 6.51. The van der Waals surface area contributed by atoms with Crippen molar-refractivity contribution in [3.63, 3.8) is 0 Å². The Balaban J connectivity index is 1.92. The molecule has 1 heterocycles. The van der Waals surface area contributed by atoms with Gasteiger partial charge in [0.1, 0.15) is 6.04 Å². The second kappa shape index (κ2) is 4.36. The molecule has 2 rings (SSSR count). The van der Waals surface area contributed by atoms with Crippen molar-refractivity contribution in [3.05, 3.63) is 0 Å². The van der Waals surface area contributed by atoms with Crippen molar-refractivity contribution in [1.82, 2.24) is 4.90 Å². The molecule has 1 saturated carbocycles. The van der Waals surface area contributed by atoms with Gasteiger partial charge in [0.25, 0.3) is 0 Å². The summed E-state index contributed by atoms with van der Waals surface area (Å²) in [6, 6.07) is -0.271. The summed E-state index contributed by atoms with van der Waals surface area (Å²) in [6.07, 6.45) is 6.68. The van der Waals surface area contributed by atoms with E-state index in [-0.39, 0.29) is 12.0 Å². The summed E-state index contributed by atoms with van der Waals surface area (Å²) in [5.74, 6) is -0.445. The van der Waals surface area contributed by atoms with Crippen LogP contribution in [-0.2, 0) is 4.79 Å². The van der Waals surface area contributed by atoms with E-state index in [0.29, 0.717) is 5.41 Å². The van der Waals surface area contributed by atoms with E-state index in [0.717, 1.165) is 13.1 Å². The maximum absolute atomic E-state index is 11.2. The Kier molecular flexibility index (Phi) is 3.24. The van der Waals surface area contributed by atoms with E-state index in [1.54, 1.807) is 0 Å². The molecular formula is C13H23NO2. The number of carbonyl (C=O) groups is 1. The number of hydrogen-bond acceptors (Lipinski definition) is 2. The fraction of sp³-hybridized carbons (Fsp3) is 0.923. The number of carboxylic acids is 1. The van der Waals surface area contributed by atoms with Gasteiger partial charge in [-0.25, -0.2) is 0 Å². The molecule has 3 heteroatoms. The van der Waals surface area contributed by atoms with Crippen LogP contribution in [0.3, 0.4) is 0 Å². The van der Waals surface area contributed by atoms with Gasteiger partial charge in [0.05, 0.1) is 0 Å². The molecule has 1 saturated heterocycles. The minimum atomic E-state index is -0.652. The number of likely N-dealkylation sites (tertiary alicyclic amines) is 1. The maximum atomic E-state index is 11.2. The smallest absolute Gasteiger partial charge is 0.321 e. The van der Waals surface area contributed by atoms with Crippen LogP contribution >= 0.6 is 0 Å². The van der Waals surface area contributed by atoms with E-state index in [2.05, 4.69) is 4.90 Å². The number of nitrogens with zero attached hydrogens (tertiary/aromatic N) is 1. The van der Waals surface area contributed by atoms with Crippen molar-refractivity contribution in [2.45, 2.75) is 52.0 Å². The van der Waals surface area contributed by atoms with Gasteiger partial charge in [0, 0.05) is 13.1 Å². The van der Waals surface area contributed by atoms with Crippen LogP contribution in [0.5, 0.6) is 0 Å². The molecule has 0 amide bonds. The van der Waals surface area contributed by atoms with E-state index in [4.69, 9.17) is 0 Å². The molecule has 0 aromatic rings. The Labute approximate surface area is 97.8 Å². The van der Waals surface area contributed by atoms with Gasteiger partial charge < -0.3 is 5.11 Å². The second-order valence-corrected chi connectivity index (χ2v) is 5.99. The molecule has 2 aliphatic rings. The van der Waals surface area contributed by atoms with Gasteiger partial charge in [0.15, 0.2) is 0 Å². The van der Waals surface area contributed by atoms with Crippen LogP contribution in [-0.4, -0.2) is 35.1 Å². The monoisotopic (exact) mass is 225 g/mol. The van der Waals surface area contributed by atoms with Gasteiger partial charge in [-0.05, 0) is 24.2 Å². The standard InChI is InChI=1S/C13H23NO2/c1-10(2)11(12(15)16)14-8-13(9-14)6-4-3-5-7-13/h10-11H,3-9H2,1-2H3,(H,15,16). The van der Waals surface area contributed by atoms with E-state index in [1.165, 1.54) is 32.1 Å². The van der Waals surface area contributed by atoms with Gasteiger partial charge in [0.2, 0.25) is 0 Å². The average Bonchev–Trinajstić information content (AvgIpc) is 2.15. The number of carboxylic acid groups (broad SMARTS) is 1. The van der Waals surface area contributed by atoms with Crippen molar-refractivity contribution in [3.8, 4) is 0 Å². The summed E-state index contributed by atoms with van der Waals surface area (Å²) in [7, 11) is 0. The molecular weight excluding hydrogens is 202 g/mol. The zero-order valence-electron chi connectivity index (χ0n) is 10.4. The van der Waals surface area contributed by atoms with Crippen LogP contribution in [0.1, 0.15) is 46.0 Å². The van der Waals surface area contributed by atoms with Gasteiger partial charge in [-0.1, -0.05) is 33.1 Å². The van der Waals surface area contributed by atoms with Crippen LogP contribution in [0.2, 0.25) is 0 Å². The second-order valence-electron chi connectivity index (χ2n) is 5.99. The number of hydrogen-bond donors (Lipinski definition) is 1. The quantitative estimate of drug-likeness (QED) is 0.801. The lowest BCUT2D eigenvalue weighted by Gasteiger charge is -2.55. The van der Waals surface area contributed by atoms with Gasteiger partial charge in [-0.15, -0.1) is 0 Å². The van der Waals surface area contributed by atoms with Crippen molar-refractivity contribution in [2.75, 3.05) is 13.1 Å². The molecule has 1 unspecified atom stereocenters. The molecule has 1 aliphatic heterocycles. The number of rotatable bonds is 3. The van der Waals surface area contributed by atoms with Gasteiger partial charge in [-0.3, -0.25) is 9.69 Å². The molecule has 0 aromatic heterocycles. The zero-order chi connectivity index (χ0) is 11.8. The molecule has 1 spiro atoms. The SMILES string of the molecule is CC(C)C(C(=O)O)N1CC2(CCCCC2)C1. The topological polar surface area (TPSA) is 40.5 Å². The van der Waals surface area contributed by atoms with Crippen LogP contribution in [0.15, 0.2) is 0 Å². The summed E-state index contributed by atoms with van der Waals surface area (Å²) >= 11 is 0. The normalized spacial score (nSPS) is 26.7. The summed E-state index contributed by atoms with van der Waals surface area (Å²) in [5, 5.41) is 9.22. The van der Waals surface area contributed by atoms with Crippen LogP contribution < -0.4 is 0 Å². The predicted molar refractivity (Wildman–Crippen MR) is 63.4 cm³/mol. The molecule has 1 N–H and O–H groups in total. The highest BCUT2D eigenvalue weighted by Crippen LogP contribution is 2.45. The first kappa shape index (κ1) is 11.9. The third-order valence-corrected chi connectivity index (χ3v) is 4.27. The van der Waals surface area contributed by atoms with E-state index in [9.17, 15) is 9.90 Å². The molecule has 2 fully saturated rings. The maximum Gasteiger partial charge on any atom is 0.321 e. The molecule has 1 aliphatic carbocycles. The van der Waals surface area contributed by atoms with Crippen molar-refractivity contribution in [2.24, 2.45) is 11.3 Å². The largest absolute Gasteiger partial charge is 0.480 e. The fourth-order valence-corrected chi connectivity index (χ4v) is 3.49. The average molecular weight is 225 g/mol. The minimum absolute atomic E-state index is 0.207. The van der Waals surface area contributed by atoms with Crippen molar-refractivity contribution >= 4 is 5.97 Å². The Hall–Kier alpha value is -0.570. The molecule has 1 atom stereocenters. The zero-order valence-corrected chi connectivity index (χ0v) is 10.4. The highest BCUT2D eigenvalue weighted by atomic mass is 16.4. The highest BCUT2D eigenvalue weighted by molar-refractivity contribution is 5.74. The highest BCUT2D eigenvalue weighted by Gasteiger charge is 2.47. The van der Waals surface area contributed by atoms with Crippen molar-refractivity contribution in [1.29, 1.82) is 0 Å². The lowest BCUT2D eigenvalue weighted by atomic mass is 9.68. The van der Waals surface area contributed by atoms with Crippen molar-refractivity contribution < 1.29 is 9.90 Å². The number of aliphatic carboxylic acids is 1. The predicted octanol–water partition coefficient (Wildman–Crippen LogP) is 2.36. The molecule has 3 nitrogen and oxygen atoms in total. The van der Waals surface area contributed by atoms with Gasteiger partial charge in [-0.2, -0.15) is 0 Å². The summed E-state index contributed by atoms with van der Waals surface area (Å²) in [4.78, 5) is 13.4. The fourth-order valence-electron chi connectivity index (χ4n) is 3.49. The van der Waals surface area contributed by atoms with Crippen LogP contribution in [0.25, 0.3) is 0 Å². The van der Waals surface area contributed by atoms with Crippen LogP contribution in [0, 0.1) is 11.3 Å². The molecule has 0 aromatic carbocycles. The third kappa shape index (κ3) is 2.10. The van der Waals surface area contributed by atoms with Gasteiger partial charge >= 0.3 is 5.97 Å². The Morgan fingerprint density at radius 2 is 1.75 bits per heavy atom. The third-order valence-electron chi connectivity index (χ3n) is 4.27. The Morgan fingerprint density at radius 3 is 2.19 bits per heavy atom. The molecule has 16 heavy (non-hydrogen) atoms. The lowest BCUT2D eigenvalue weighted by Crippen LogP contribution is -2.63. The van der Waals surface area contributed by atoms with E-state index >= 15 is 0 Å². The first-order chi connectivity index (χ1) is 7.54. The summed E-state index contributed by atoms with van der Waals surface area (Å²) in [5.41, 5.74) is 0.487. The van der Waals surface area contributed by atoms with E-state index < -0.39 is 5.97 Å². The minimum Gasteiger partial charge on any atom is -0.480 e. The molecule has 0 radical (unpaired) electrons. The Morgan fingerprint density at radius 1 is 1.19 bits per heavy atom.